The first-order valence-corrected chi connectivity index (χ1v) is 15.5. The molecule has 6 rings (SSSR count). The topological polar surface area (TPSA) is 110 Å². The van der Waals surface area contributed by atoms with Crippen LogP contribution in [0.3, 0.4) is 0 Å². The van der Waals surface area contributed by atoms with Gasteiger partial charge in [0.25, 0.3) is 11.5 Å². The minimum atomic E-state index is -0.600. The molecule has 1 atom stereocenters. The molecule has 46 heavy (non-hydrogen) atoms. The third-order valence-electron chi connectivity index (χ3n) is 8.99. The standard InChI is InChI=1S/C34H34ClFN6O4/c1-19-22(6-5-7-26(19)38-32(44)24-12-13-37-40(3)34(24)45)30-25(36)10-9-23(31(30)35)27-18-21-8-11-28(29(21)33(39-27)46-4)42-16-14-41(15-17-42)20(2)43/h5-7,9-10,12-13,18,28H,8,11,14-17H2,1-4H3,(H,38,44). The predicted molar refractivity (Wildman–Crippen MR) is 174 cm³/mol. The van der Waals surface area contributed by atoms with Gasteiger partial charge in [0.15, 0.2) is 0 Å². The van der Waals surface area contributed by atoms with Crippen molar-refractivity contribution in [2.45, 2.75) is 32.7 Å². The Labute approximate surface area is 270 Å². The molecule has 1 fully saturated rings. The lowest BCUT2D eigenvalue weighted by atomic mass is 9.95. The summed E-state index contributed by atoms with van der Waals surface area (Å²) in [5.74, 6) is -0.526. The van der Waals surface area contributed by atoms with Crippen LogP contribution in [0.5, 0.6) is 5.88 Å². The van der Waals surface area contributed by atoms with E-state index in [1.165, 1.54) is 25.4 Å². The first kappa shape index (κ1) is 31.4. The van der Waals surface area contributed by atoms with Crippen molar-refractivity contribution >= 4 is 29.1 Å². The maximum atomic E-state index is 15.6. The summed E-state index contributed by atoms with van der Waals surface area (Å²) in [4.78, 5) is 46.4. The van der Waals surface area contributed by atoms with Gasteiger partial charge in [-0.3, -0.25) is 19.3 Å². The number of halogens is 2. The Kier molecular flexibility index (Phi) is 8.63. The molecule has 1 aliphatic carbocycles. The molecule has 4 aromatic rings. The van der Waals surface area contributed by atoms with E-state index in [4.69, 9.17) is 21.3 Å². The average molecular weight is 645 g/mol. The van der Waals surface area contributed by atoms with E-state index >= 15 is 4.39 Å². The van der Waals surface area contributed by atoms with Crippen LogP contribution in [0.2, 0.25) is 5.02 Å². The highest BCUT2D eigenvalue weighted by molar-refractivity contribution is 6.36. The number of carbonyl (C=O) groups excluding carboxylic acids is 2. The van der Waals surface area contributed by atoms with Crippen LogP contribution in [0.25, 0.3) is 22.4 Å². The van der Waals surface area contributed by atoms with Crippen LogP contribution in [0.15, 0.2) is 53.5 Å². The molecule has 2 aromatic heterocycles. The summed E-state index contributed by atoms with van der Waals surface area (Å²) < 4.78 is 22.5. The molecule has 1 aliphatic heterocycles. The molecule has 0 bridgehead atoms. The number of aromatic nitrogens is 3. The molecule has 3 heterocycles. The molecule has 2 amide bonds. The van der Waals surface area contributed by atoms with Gasteiger partial charge in [0.05, 0.1) is 17.8 Å². The number of fused-ring (bicyclic) bond motifs is 1. The number of carbonyl (C=O) groups is 2. The molecule has 0 radical (unpaired) electrons. The monoisotopic (exact) mass is 644 g/mol. The zero-order chi connectivity index (χ0) is 32.7. The van der Waals surface area contributed by atoms with E-state index in [-0.39, 0.29) is 28.1 Å². The van der Waals surface area contributed by atoms with Crippen LogP contribution in [0.4, 0.5) is 10.1 Å². The summed E-state index contributed by atoms with van der Waals surface area (Å²) in [6.45, 7) is 6.29. The number of ether oxygens (including phenoxy) is 1. The Morgan fingerprint density at radius 3 is 2.57 bits per heavy atom. The smallest absolute Gasteiger partial charge is 0.279 e. The molecule has 1 unspecified atom stereocenters. The molecule has 1 saturated heterocycles. The van der Waals surface area contributed by atoms with E-state index in [0.29, 0.717) is 47.0 Å². The third-order valence-corrected chi connectivity index (χ3v) is 9.38. The van der Waals surface area contributed by atoms with Crippen molar-refractivity contribution in [1.29, 1.82) is 0 Å². The largest absolute Gasteiger partial charge is 0.481 e. The number of nitrogens with zero attached hydrogens (tertiary/aromatic N) is 5. The number of hydrogen-bond acceptors (Lipinski definition) is 7. The van der Waals surface area contributed by atoms with Crippen molar-refractivity contribution in [2.75, 3.05) is 38.6 Å². The van der Waals surface area contributed by atoms with Crippen molar-refractivity contribution in [3.63, 3.8) is 0 Å². The molecule has 12 heteroatoms. The maximum Gasteiger partial charge on any atom is 0.279 e. The van der Waals surface area contributed by atoms with Gasteiger partial charge in [-0.05, 0) is 66.8 Å². The Morgan fingerprint density at radius 1 is 1.09 bits per heavy atom. The van der Waals surface area contributed by atoms with E-state index in [1.807, 2.05) is 11.0 Å². The van der Waals surface area contributed by atoms with E-state index < -0.39 is 17.3 Å². The van der Waals surface area contributed by atoms with Gasteiger partial charge >= 0.3 is 0 Å². The molecule has 238 valence electrons. The van der Waals surface area contributed by atoms with Crippen molar-refractivity contribution in [3.05, 3.63) is 92.1 Å². The Bertz CT molecular complexity index is 1920. The second-order valence-electron chi connectivity index (χ2n) is 11.6. The van der Waals surface area contributed by atoms with Crippen molar-refractivity contribution < 1.29 is 18.7 Å². The quantitative estimate of drug-likeness (QED) is 0.314. The number of piperazine rings is 1. The summed E-state index contributed by atoms with van der Waals surface area (Å²) in [6, 6.07) is 11.6. The fourth-order valence-electron chi connectivity index (χ4n) is 6.50. The number of pyridine rings is 1. The number of amides is 2. The lowest BCUT2D eigenvalue weighted by molar-refractivity contribution is -0.130. The highest BCUT2D eigenvalue weighted by Crippen LogP contribution is 2.45. The molecule has 10 nitrogen and oxygen atoms in total. The highest BCUT2D eigenvalue weighted by Gasteiger charge is 2.35. The number of nitrogens with one attached hydrogen (secondary N) is 1. The lowest BCUT2D eigenvalue weighted by Gasteiger charge is -2.38. The predicted octanol–water partition coefficient (Wildman–Crippen LogP) is 5.02. The van der Waals surface area contributed by atoms with E-state index in [2.05, 4.69) is 15.3 Å². The van der Waals surface area contributed by atoms with Crippen molar-refractivity contribution in [1.82, 2.24) is 24.6 Å². The minimum Gasteiger partial charge on any atom is -0.481 e. The zero-order valence-corrected chi connectivity index (χ0v) is 26.8. The number of methoxy groups -OCH3 is 1. The highest BCUT2D eigenvalue weighted by atomic mass is 35.5. The Morgan fingerprint density at radius 2 is 1.85 bits per heavy atom. The van der Waals surface area contributed by atoms with Gasteiger partial charge in [0.1, 0.15) is 11.4 Å². The normalized spacial score (nSPS) is 16.3. The fraction of sp³-hybridized carbons (Fsp3) is 0.324. The maximum absolute atomic E-state index is 15.6. The molecule has 1 N–H and O–H groups in total. The average Bonchev–Trinajstić information content (AvgIpc) is 3.48. The number of benzene rings is 2. The number of hydrogen-bond donors (Lipinski definition) is 1. The van der Waals surface area contributed by atoms with Crippen LogP contribution in [-0.2, 0) is 18.3 Å². The summed E-state index contributed by atoms with van der Waals surface area (Å²) in [6.07, 6.45) is 3.10. The molecular formula is C34H34ClFN6O4. The zero-order valence-electron chi connectivity index (χ0n) is 26.1. The van der Waals surface area contributed by atoms with Gasteiger partial charge in [0, 0.05) is 74.8 Å². The van der Waals surface area contributed by atoms with E-state index in [1.54, 1.807) is 45.2 Å². The van der Waals surface area contributed by atoms with Crippen LogP contribution >= 0.6 is 11.6 Å². The minimum absolute atomic E-state index is 0.0642. The van der Waals surface area contributed by atoms with Crippen LogP contribution in [-0.4, -0.2) is 69.7 Å². The molecule has 2 aliphatic rings. The van der Waals surface area contributed by atoms with Crippen molar-refractivity contribution in [3.8, 4) is 28.3 Å². The molecule has 2 aromatic carbocycles. The summed E-state index contributed by atoms with van der Waals surface area (Å²) in [5.41, 5.74) is 4.32. The van der Waals surface area contributed by atoms with Gasteiger partial charge in [-0.15, -0.1) is 0 Å². The van der Waals surface area contributed by atoms with Crippen LogP contribution in [0, 0.1) is 12.7 Å². The number of rotatable bonds is 6. The van der Waals surface area contributed by atoms with Gasteiger partial charge in [0.2, 0.25) is 11.8 Å². The summed E-state index contributed by atoms with van der Waals surface area (Å²) in [5, 5.41) is 6.81. The van der Waals surface area contributed by atoms with E-state index in [0.717, 1.165) is 41.7 Å². The second kappa shape index (κ2) is 12.6. The third kappa shape index (κ3) is 5.65. The van der Waals surface area contributed by atoms with Crippen molar-refractivity contribution in [2.24, 2.45) is 7.05 Å². The summed E-state index contributed by atoms with van der Waals surface area (Å²) in [7, 11) is 3.06. The van der Waals surface area contributed by atoms with Crippen LogP contribution < -0.4 is 15.6 Å². The Hall–Kier alpha value is -4.61. The number of anilines is 1. The fourth-order valence-corrected chi connectivity index (χ4v) is 6.85. The van der Waals surface area contributed by atoms with Gasteiger partial charge < -0.3 is 15.0 Å². The first-order chi connectivity index (χ1) is 22.1. The molecule has 0 spiro atoms. The van der Waals surface area contributed by atoms with Gasteiger partial charge in [-0.1, -0.05) is 23.7 Å². The second-order valence-corrected chi connectivity index (χ2v) is 12.0. The number of aryl methyl sites for hydroxylation is 2. The molecule has 0 saturated carbocycles. The van der Waals surface area contributed by atoms with Gasteiger partial charge in [-0.2, -0.15) is 5.10 Å². The summed E-state index contributed by atoms with van der Waals surface area (Å²) >= 11 is 6.98. The Balaban J connectivity index is 1.33. The SMILES string of the molecule is COc1nc(-c2ccc(F)c(-c3cccc(NC(=O)c4ccnn(C)c4=O)c3C)c2Cl)cc2c1C(N1CCN(C(C)=O)CC1)CC2. The molecular weight excluding hydrogens is 611 g/mol. The lowest BCUT2D eigenvalue weighted by Crippen LogP contribution is -2.48. The first-order valence-electron chi connectivity index (χ1n) is 15.1. The van der Waals surface area contributed by atoms with Gasteiger partial charge in [-0.25, -0.2) is 14.1 Å². The van der Waals surface area contributed by atoms with Crippen LogP contribution in [0.1, 0.15) is 46.4 Å². The van der Waals surface area contributed by atoms with E-state index in [9.17, 15) is 14.4 Å².